The lowest BCUT2D eigenvalue weighted by Crippen LogP contribution is -2.33. The van der Waals surface area contributed by atoms with E-state index in [-0.39, 0.29) is 0 Å². The van der Waals surface area contributed by atoms with E-state index < -0.39 is 0 Å². The molecule has 2 rings (SSSR count). The van der Waals surface area contributed by atoms with Crippen molar-refractivity contribution < 1.29 is 4.79 Å². The molecule has 0 amide bonds. The van der Waals surface area contributed by atoms with Crippen LogP contribution in [0.1, 0.15) is 27.9 Å². The van der Waals surface area contributed by atoms with E-state index in [1.807, 2.05) is 12.1 Å². The first kappa shape index (κ1) is 10.4. The highest BCUT2D eigenvalue weighted by atomic mass is 16.1. The quantitative estimate of drug-likeness (QED) is 0.684. The van der Waals surface area contributed by atoms with Gasteiger partial charge in [0.2, 0.25) is 0 Å². The highest BCUT2D eigenvalue weighted by Gasteiger charge is 2.21. The van der Waals surface area contributed by atoms with E-state index in [2.05, 4.69) is 25.1 Å². The molecule has 0 unspecified atom stereocenters. The smallest absolute Gasteiger partial charge is 0.150 e. The maximum Gasteiger partial charge on any atom is 0.150 e. The molecule has 0 saturated heterocycles. The van der Waals surface area contributed by atoms with Gasteiger partial charge < -0.3 is 4.90 Å². The number of benzene rings is 1. The van der Waals surface area contributed by atoms with Crippen molar-refractivity contribution in [3.05, 3.63) is 34.9 Å². The number of aryl methyl sites for hydroxylation is 1. The predicted octanol–water partition coefficient (Wildman–Crippen LogP) is 1.92. The molecule has 0 saturated carbocycles. The molecule has 0 radical (unpaired) electrons. The summed E-state index contributed by atoms with van der Waals surface area (Å²) in [7, 11) is 4.22. The van der Waals surface area contributed by atoms with E-state index in [1.165, 1.54) is 17.5 Å². The number of nitrogens with zero attached hydrogens (tertiary/aromatic N) is 1. The van der Waals surface area contributed by atoms with Gasteiger partial charge in [-0.15, -0.1) is 0 Å². The summed E-state index contributed by atoms with van der Waals surface area (Å²) in [5.41, 5.74) is 3.49. The second-order valence-electron chi connectivity index (χ2n) is 4.46. The fourth-order valence-electron chi connectivity index (χ4n) is 2.35. The van der Waals surface area contributed by atoms with Gasteiger partial charge in [-0.3, -0.25) is 4.79 Å². The van der Waals surface area contributed by atoms with Gasteiger partial charge in [-0.1, -0.05) is 18.2 Å². The largest absolute Gasteiger partial charge is 0.306 e. The third-order valence-corrected chi connectivity index (χ3v) is 3.35. The highest BCUT2D eigenvalue weighted by Crippen LogP contribution is 2.25. The Kier molecular flexibility index (Phi) is 2.87. The van der Waals surface area contributed by atoms with Crippen molar-refractivity contribution in [1.29, 1.82) is 0 Å². The predicted molar refractivity (Wildman–Crippen MR) is 61.3 cm³/mol. The standard InChI is InChI=1S/C13H17NO/c1-14(2)12-7-6-10-4-3-5-11(9-15)13(10)8-12/h3-5,9,12H,6-8H2,1-2H3/t12-/m1/s1. The van der Waals surface area contributed by atoms with Crippen molar-refractivity contribution in [3.8, 4) is 0 Å². The number of hydrogen-bond acceptors (Lipinski definition) is 2. The molecule has 15 heavy (non-hydrogen) atoms. The van der Waals surface area contributed by atoms with E-state index in [1.54, 1.807) is 0 Å². The summed E-state index contributed by atoms with van der Waals surface area (Å²) in [6.07, 6.45) is 4.29. The fourth-order valence-corrected chi connectivity index (χ4v) is 2.35. The third-order valence-electron chi connectivity index (χ3n) is 3.35. The number of aldehydes is 1. The maximum atomic E-state index is 10.9. The molecular weight excluding hydrogens is 186 g/mol. The molecule has 0 N–H and O–H groups in total. The summed E-state index contributed by atoms with van der Waals surface area (Å²) in [5, 5.41) is 0. The van der Waals surface area contributed by atoms with Crippen LogP contribution in [0.3, 0.4) is 0 Å². The molecule has 0 heterocycles. The summed E-state index contributed by atoms with van der Waals surface area (Å²) in [5.74, 6) is 0. The molecule has 1 aromatic carbocycles. The minimum Gasteiger partial charge on any atom is -0.306 e. The van der Waals surface area contributed by atoms with Crippen molar-refractivity contribution in [1.82, 2.24) is 4.90 Å². The lowest BCUT2D eigenvalue weighted by atomic mass is 9.85. The zero-order valence-corrected chi connectivity index (χ0v) is 9.36. The minimum absolute atomic E-state index is 0.582. The number of carbonyl (C=O) groups excluding carboxylic acids is 1. The topological polar surface area (TPSA) is 20.3 Å². The average molecular weight is 203 g/mol. The molecule has 2 heteroatoms. The van der Waals surface area contributed by atoms with Gasteiger partial charge in [0.25, 0.3) is 0 Å². The molecular formula is C13H17NO. The molecule has 80 valence electrons. The van der Waals surface area contributed by atoms with Crippen LogP contribution in [-0.2, 0) is 12.8 Å². The Balaban J connectivity index is 2.34. The van der Waals surface area contributed by atoms with Crippen LogP contribution in [-0.4, -0.2) is 31.3 Å². The van der Waals surface area contributed by atoms with Gasteiger partial charge in [-0.05, 0) is 44.5 Å². The van der Waals surface area contributed by atoms with E-state index in [9.17, 15) is 4.79 Å². The maximum absolute atomic E-state index is 10.9. The van der Waals surface area contributed by atoms with Crippen LogP contribution in [0.5, 0.6) is 0 Å². The van der Waals surface area contributed by atoms with Crippen LogP contribution in [0.25, 0.3) is 0 Å². The Morgan fingerprint density at radius 2 is 2.20 bits per heavy atom. The fraction of sp³-hybridized carbons (Fsp3) is 0.462. The molecule has 0 spiro atoms. The van der Waals surface area contributed by atoms with Crippen molar-refractivity contribution in [3.63, 3.8) is 0 Å². The molecule has 1 aliphatic carbocycles. The third kappa shape index (κ3) is 1.95. The van der Waals surface area contributed by atoms with Gasteiger partial charge in [0, 0.05) is 11.6 Å². The molecule has 0 fully saturated rings. The van der Waals surface area contributed by atoms with Gasteiger partial charge >= 0.3 is 0 Å². The summed E-state index contributed by atoms with van der Waals surface area (Å²) in [4.78, 5) is 13.2. The Hall–Kier alpha value is -1.15. The zero-order valence-electron chi connectivity index (χ0n) is 9.36. The Morgan fingerprint density at radius 3 is 2.87 bits per heavy atom. The van der Waals surface area contributed by atoms with E-state index in [4.69, 9.17) is 0 Å². The summed E-state index contributed by atoms with van der Waals surface area (Å²) in [6.45, 7) is 0. The molecule has 0 aliphatic heterocycles. The summed E-state index contributed by atoms with van der Waals surface area (Å²) >= 11 is 0. The first-order valence-corrected chi connectivity index (χ1v) is 5.44. The molecule has 1 aromatic rings. The number of hydrogen-bond donors (Lipinski definition) is 0. The number of carbonyl (C=O) groups is 1. The average Bonchev–Trinajstić information content (AvgIpc) is 2.27. The zero-order chi connectivity index (χ0) is 10.8. The second kappa shape index (κ2) is 4.15. The van der Waals surface area contributed by atoms with Gasteiger partial charge in [-0.25, -0.2) is 0 Å². The number of fused-ring (bicyclic) bond motifs is 1. The first-order chi connectivity index (χ1) is 7.22. The van der Waals surface area contributed by atoms with Crippen molar-refractivity contribution in [2.75, 3.05) is 14.1 Å². The molecule has 2 nitrogen and oxygen atoms in total. The van der Waals surface area contributed by atoms with Gasteiger partial charge in [-0.2, -0.15) is 0 Å². The van der Waals surface area contributed by atoms with Crippen LogP contribution >= 0.6 is 0 Å². The van der Waals surface area contributed by atoms with Crippen molar-refractivity contribution in [2.24, 2.45) is 0 Å². The van der Waals surface area contributed by atoms with Crippen LogP contribution in [0, 0.1) is 0 Å². The normalized spacial score (nSPS) is 20.1. The van der Waals surface area contributed by atoms with Crippen LogP contribution in [0.15, 0.2) is 18.2 Å². The monoisotopic (exact) mass is 203 g/mol. The van der Waals surface area contributed by atoms with E-state index in [0.29, 0.717) is 6.04 Å². The molecule has 1 atom stereocenters. The lowest BCUT2D eigenvalue weighted by Gasteiger charge is -2.30. The van der Waals surface area contributed by atoms with E-state index in [0.717, 1.165) is 24.7 Å². The number of rotatable bonds is 2. The SMILES string of the molecule is CN(C)[C@@H]1CCc2cccc(C=O)c2C1. The summed E-state index contributed by atoms with van der Waals surface area (Å²) < 4.78 is 0. The number of likely N-dealkylation sites (N-methyl/N-ethyl adjacent to an activating group) is 1. The Bertz CT molecular complexity index is 371. The van der Waals surface area contributed by atoms with E-state index >= 15 is 0 Å². The van der Waals surface area contributed by atoms with Crippen molar-refractivity contribution in [2.45, 2.75) is 25.3 Å². The molecule has 1 aliphatic rings. The van der Waals surface area contributed by atoms with Gasteiger partial charge in [0.15, 0.2) is 0 Å². The minimum atomic E-state index is 0.582. The highest BCUT2D eigenvalue weighted by molar-refractivity contribution is 5.78. The first-order valence-electron chi connectivity index (χ1n) is 5.44. The lowest BCUT2D eigenvalue weighted by molar-refractivity contribution is 0.112. The Labute approximate surface area is 90.9 Å². The second-order valence-corrected chi connectivity index (χ2v) is 4.46. The Morgan fingerprint density at radius 1 is 1.40 bits per heavy atom. The molecule has 0 bridgehead atoms. The molecule has 0 aromatic heterocycles. The van der Waals surface area contributed by atoms with Crippen LogP contribution in [0.4, 0.5) is 0 Å². The van der Waals surface area contributed by atoms with Crippen molar-refractivity contribution >= 4 is 6.29 Å². The van der Waals surface area contributed by atoms with Gasteiger partial charge in [0.1, 0.15) is 6.29 Å². The van der Waals surface area contributed by atoms with Gasteiger partial charge in [0.05, 0.1) is 0 Å². The summed E-state index contributed by atoms with van der Waals surface area (Å²) in [6, 6.07) is 6.63. The van der Waals surface area contributed by atoms with Crippen LogP contribution in [0.2, 0.25) is 0 Å². The van der Waals surface area contributed by atoms with Crippen LogP contribution < -0.4 is 0 Å².